The molecule has 23 heavy (non-hydrogen) atoms. The number of carbonyl (C=O) groups excluding carboxylic acids is 1. The lowest BCUT2D eigenvalue weighted by molar-refractivity contribution is -0.118. The molecule has 0 atom stereocenters. The smallest absolute Gasteiger partial charge is 0.230 e. The average Bonchev–Trinajstić information content (AvgIpc) is 3.25. The van der Waals surface area contributed by atoms with Crippen molar-refractivity contribution in [1.82, 2.24) is 20.3 Å². The fourth-order valence-electron chi connectivity index (χ4n) is 1.97. The Morgan fingerprint density at radius 2 is 2.13 bits per heavy atom. The first-order valence-corrected chi connectivity index (χ1v) is 9.23. The maximum absolute atomic E-state index is 11.9. The van der Waals surface area contributed by atoms with Crippen molar-refractivity contribution in [3.63, 3.8) is 0 Å². The van der Waals surface area contributed by atoms with Gasteiger partial charge in [0.15, 0.2) is 0 Å². The summed E-state index contributed by atoms with van der Waals surface area (Å²) in [7, 11) is 0. The van der Waals surface area contributed by atoms with Gasteiger partial charge in [0.05, 0.1) is 24.2 Å². The molecule has 118 valence electrons. The van der Waals surface area contributed by atoms with E-state index in [1.807, 2.05) is 41.2 Å². The van der Waals surface area contributed by atoms with E-state index >= 15 is 0 Å². The topological polar surface area (TPSA) is 59.8 Å². The van der Waals surface area contributed by atoms with E-state index in [4.69, 9.17) is 0 Å². The van der Waals surface area contributed by atoms with Crippen LogP contribution >= 0.6 is 23.1 Å². The molecule has 1 N–H and O–H groups in total. The van der Waals surface area contributed by atoms with Crippen LogP contribution in [0.4, 0.5) is 0 Å². The second-order valence-corrected chi connectivity index (χ2v) is 6.66. The van der Waals surface area contributed by atoms with Crippen LogP contribution in [0.3, 0.4) is 0 Å². The van der Waals surface area contributed by atoms with Crippen LogP contribution in [0.15, 0.2) is 53.4 Å². The molecular weight excluding hydrogens is 328 g/mol. The number of amides is 1. The zero-order valence-electron chi connectivity index (χ0n) is 12.4. The summed E-state index contributed by atoms with van der Waals surface area (Å²) in [4.78, 5) is 11.9. The molecule has 0 spiro atoms. The van der Waals surface area contributed by atoms with Gasteiger partial charge >= 0.3 is 0 Å². The van der Waals surface area contributed by atoms with E-state index in [0.717, 1.165) is 17.1 Å². The minimum atomic E-state index is 0.0102. The maximum atomic E-state index is 11.9. The molecule has 1 aromatic carbocycles. The Morgan fingerprint density at radius 1 is 1.26 bits per heavy atom. The largest absolute Gasteiger partial charge is 0.350 e. The van der Waals surface area contributed by atoms with Gasteiger partial charge in [-0.05, 0) is 17.0 Å². The van der Waals surface area contributed by atoms with E-state index in [0.29, 0.717) is 12.3 Å². The molecule has 2 heterocycles. The highest BCUT2D eigenvalue weighted by Gasteiger charge is 2.06. The van der Waals surface area contributed by atoms with Crippen molar-refractivity contribution in [3.8, 4) is 5.69 Å². The zero-order valence-corrected chi connectivity index (χ0v) is 14.0. The molecule has 2 aromatic heterocycles. The lowest BCUT2D eigenvalue weighted by Crippen LogP contribution is -2.24. The van der Waals surface area contributed by atoms with Crippen molar-refractivity contribution in [3.05, 3.63) is 64.6 Å². The third kappa shape index (κ3) is 4.67. The van der Waals surface area contributed by atoms with Crippen molar-refractivity contribution in [2.75, 3.05) is 5.75 Å². The Bertz CT molecular complexity index is 741. The molecule has 1 amide bonds. The summed E-state index contributed by atoms with van der Waals surface area (Å²) in [5, 5.41) is 15.0. The van der Waals surface area contributed by atoms with E-state index in [9.17, 15) is 4.79 Å². The highest BCUT2D eigenvalue weighted by Crippen LogP contribution is 2.12. The van der Waals surface area contributed by atoms with Crippen molar-refractivity contribution in [2.24, 2.45) is 0 Å². The minimum absolute atomic E-state index is 0.0102. The molecule has 5 nitrogen and oxygen atoms in total. The molecule has 0 bridgehead atoms. The molecule has 7 heteroatoms. The SMILES string of the molecule is O=C(CSCc1ccccc1)NCc1cn(-c2ccsc2)nn1. The van der Waals surface area contributed by atoms with Crippen LogP contribution in [-0.4, -0.2) is 26.7 Å². The number of nitrogens with one attached hydrogen (secondary N) is 1. The Morgan fingerprint density at radius 3 is 2.91 bits per heavy atom. The fourth-order valence-corrected chi connectivity index (χ4v) is 3.41. The van der Waals surface area contributed by atoms with Gasteiger partial charge in [-0.1, -0.05) is 35.5 Å². The monoisotopic (exact) mass is 344 g/mol. The summed E-state index contributed by atoms with van der Waals surface area (Å²) < 4.78 is 1.71. The van der Waals surface area contributed by atoms with E-state index in [1.54, 1.807) is 27.8 Å². The quantitative estimate of drug-likeness (QED) is 0.716. The average molecular weight is 344 g/mol. The van der Waals surface area contributed by atoms with Crippen LogP contribution in [0, 0.1) is 0 Å². The zero-order chi connectivity index (χ0) is 15.9. The van der Waals surface area contributed by atoms with Crippen LogP contribution in [0.5, 0.6) is 0 Å². The van der Waals surface area contributed by atoms with Crippen LogP contribution in [-0.2, 0) is 17.1 Å². The standard InChI is InChI=1S/C16H16N4OS2/c21-16(12-23-10-13-4-2-1-3-5-13)17-8-14-9-20(19-18-14)15-6-7-22-11-15/h1-7,9,11H,8,10,12H2,(H,17,21). The molecule has 0 fully saturated rings. The van der Waals surface area contributed by atoms with Gasteiger partial charge < -0.3 is 5.32 Å². The van der Waals surface area contributed by atoms with Gasteiger partial charge in [-0.15, -0.1) is 16.9 Å². The van der Waals surface area contributed by atoms with Crippen molar-refractivity contribution >= 4 is 29.0 Å². The number of benzene rings is 1. The van der Waals surface area contributed by atoms with Gasteiger partial charge in [0.2, 0.25) is 5.91 Å². The van der Waals surface area contributed by atoms with Gasteiger partial charge in [0.25, 0.3) is 0 Å². The first kappa shape index (κ1) is 15.8. The van der Waals surface area contributed by atoms with Crippen molar-refractivity contribution in [2.45, 2.75) is 12.3 Å². The summed E-state index contributed by atoms with van der Waals surface area (Å²) in [6, 6.07) is 12.1. The lowest BCUT2D eigenvalue weighted by Gasteiger charge is -2.03. The molecule has 3 rings (SSSR count). The number of thioether (sulfide) groups is 1. The van der Waals surface area contributed by atoms with E-state index in [1.165, 1.54) is 5.56 Å². The highest BCUT2D eigenvalue weighted by molar-refractivity contribution is 7.99. The summed E-state index contributed by atoms with van der Waals surface area (Å²) in [6.45, 7) is 0.398. The molecule has 0 radical (unpaired) electrons. The predicted octanol–water partition coefficient (Wildman–Crippen LogP) is 2.88. The number of aromatic nitrogens is 3. The second-order valence-electron chi connectivity index (χ2n) is 4.89. The molecule has 0 aliphatic heterocycles. The lowest BCUT2D eigenvalue weighted by atomic mass is 10.2. The van der Waals surface area contributed by atoms with Gasteiger partial charge in [-0.25, -0.2) is 4.68 Å². The van der Waals surface area contributed by atoms with Gasteiger partial charge in [-0.3, -0.25) is 4.79 Å². The first-order chi connectivity index (χ1) is 11.3. The van der Waals surface area contributed by atoms with E-state index in [-0.39, 0.29) is 5.91 Å². The summed E-state index contributed by atoms with van der Waals surface area (Å²) in [6.07, 6.45) is 1.83. The molecule has 3 aromatic rings. The number of carbonyl (C=O) groups is 1. The molecule has 0 saturated heterocycles. The molecule has 0 aliphatic rings. The van der Waals surface area contributed by atoms with Crippen LogP contribution in [0.1, 0.15) is 11.3 Å². The summed E-state index contributed by atoms with van der Waals surface area (Å²) in [5.41, 5.74) is 2.96. The molecule has 0 aliphatic carbocycles. The second kappa shape index (κ2) is 7.94. The van der Waals surface area contributed by atoms with Gasteiger partial charge in [0.1, 0.15) is 5.69 Å². The third-order valence-electron chi connectivity index (χ3n) is 3.12. The number of hydrogen-bond donors (Lipinski definition) is 1. The van der Waals surface area contributed by atoms with E-state index < -0.39 is 0 Å². The predicted molar refractivity (Wildman–Crippen MR) is 93.7 cm³/mol. The summed E-state index contributed by atoms with van der Waals surface area (Å²) in [5.74, 6) is 1.28. The third-order valence-corrected chi connectivity index (χ3v) is 4.80. The number of rotatable bonds is 7. The van der Waals surface area contributed by atoms with Gasteiger partial charge in [-0.2, -0.15) is 11.3 Å². The minimum Gasteiger partial charge on any atom is -0.350 e. The molecular formula is C16H16N4OS2. The number of hydrogen-bond acceptors (Lipinski definition) is 5. The number of thiophene rings is 1. The van der Waals surface area contributed by atoms with Crippen LogP contribution in [0.25, 0.3) is 5.69 Å². The van der Waals surface area contributed by atoms with Gasteiger partial charge in [0, 0.05) is 11.1 Å². The highest BCUT2D eigenvalue weighted by atomic mass is 32.2. The van der Waals surface area contributed by atoms with E-state index in [2.05, 4.69) is 27.8 Å². The molecule has 0 saturated carbocycles. The Labute approximate surface area is 142 Å². The van der Waals surface area contributed by atoms with Crippen LogP contribution < -0.4 is 5.32 Å². The molecule has 0 unspecified atom stereocenters. The first-order valence-electron chi connectivity index (χ1n) is 7.13. The Kier molecular flexibility index (Phi) is 5.44. The number of nitrogens with zero attached hydrogens (tertiary/aromatic N) is 3. The summed E-state index contributed by atoms with van der Waals surface area (Å²) >= 11 is 3.21. The normalized spacial score (nSPS) is 10.6. The van der Waals surface area contributed by atoms with Crippen molar-refractivity contribution in [1.29, 1.82) is 0 Å². The fraction of sp³-hybridized carbons (Fsp3) is 0.188. The maximum Gasteiger partial charge on any atom is 0.230 e. The van der Waals surface area contributed by atoms with Crippen molar-refractivity contribution < 1.29 is 4.79 Å². The Balaban J connectivity index is 1.41. The Hall–Kier alpha value is -2.12. The van der Waals surface area contributed by atoms with Crippen LogP contribution in [0.2, 0.25) is 0 Å².